The van der Waals surface area contributed by atoms with Crippen LogP contribution in [-0.4, -0.2) is 24.3 Å². The Balaban J connectivity index is 2.14. The maximum atomic E-state index is 6.20. The van der Waals surface area contributed by atoms with Crippen molar-refractivity contribution >= 4 is 5.71 Å². The quantitative estimate of drug-likeness (QED) is 0.510. The molecule has 0 spiro atoms. The average molecular weight is 217 g/mol. The van der Waals surface area contributed by atoms with Crippen LogP contribution in [0, 0.1) is 17.3 Å². The predicted molar refractivity (Wildman–Crippen MR) is 67.2 cm³/mol. The summed E-state index contributed by atoms with van der Waals surface area (Å²) in [6, 6.07) is 0. The van der Waals surface area contributed by atoms with Gasteiger partial charge in [0.1, 0.15) is 5.70 Å². The molecule has 2 atom stereocenters. The van der Waals surface area contributed by atoms with Crippen LogP contribution in [0.1, 0.15) is 27.2 Å². The molecule has 3 nitrogen and oxygen atoms in total. The van der Waals surface area contributed by atoms with Crippen molar-refractivity contribution < 1.29 is 0 Å². The molecule has 2 fully saturated rings. The molecule has 3 heteroatoms. The highest BCUT2D eigenvalue weighted by Gasteiger charge is 2.67. The first kappa shape index (κ1) is 11.4. The minimum atomic E-state index is -0.0795. The number of nitrogens with one attached hydrogen (secondary N) is 1. The molecule has 0 bridgehead atoms. The molecule has 2 unspecified atom stereocenters. The number of hydrogen-bond donors (Lipinski definition) is 2. The molecule has 86 valence electrons. The van der Waals surface area contributed by atoms with Crippen LogP contribution in [0.3, 0.4) is 0 Å². The van der Waals surface area contributed by atoms with Crippen LogP contribution in [0.15, 0.2) is 16.8 Å². The SMILES string of the molecule is C/C=C(/C#CC12CNCC1(N)C2)N=C(C)C. The summed E-state index contributed by atoms with van der Waals surface area (Å²) in [5.74, 6) is 6.47. The average Bonchev–Trinajstić information content (AvgIpc) is 2.66. The highest BCUT2D eigenvalue weighted by atomic mass is 15.1. The molecule has 0 radical (unpaired) electrons. The van der Waals surface area contributed by atoms with Gasteiger partial charge in [-0.15, -0.1) is 0 Å². The van der Waals surface area contributed by atoms with Crippen LogP contribution in [0.2, 0.25) is 0 Å². The van der Waals surface area contributed by atoms with E-state index in [9.17, 15) is 0 Å². The topological polar surface area (TPSA) is 50.4 Å². The Labute approximate surface area is 97.2 Å². The highest BCUT2D eigenvalue weighted by Crippen LogP contribution is 2.56. The minimum Gasteiger partial charge on any atom is -0.323 e. The van der Waals surface area contributed by atoms with Gasteiger partial charge in [-0.3, -0.25) is 0 Å². The van der Waals surface area contributed by atoms with E-state index in [0.717, 1.165) is 30.9 Å². The number of piperidine rings is 1. The van der Waals surface area contributed by atoms with Gasteiger partial charge in [-0.1, -0.05) is 12.0 Å². The summed E-state index contributed by atoms with van der Waals surface area (Å²) in [6.45, 7) is 7.73. The molecule has 1 saturated heterocycles. The summed E-state index contributed by atoms with van der Waals surface area (Å²) in [5, 5.41) is 3.30. The van der Waals surface area contributed by atoms with Crippen molar-refractivity contribution in [2.45, 2.75) is 32.7 Å². The fourth-order valence-electron chi connectivity index (χ4n) is 2.27. The van der Waals surface area contributed by atoms with Crippen LogP contribution in [-0.2, 0) is 0 Å². The van der Waals surface area contributed by atoms with Gasteiger partial charge in [-0.05, 0) is 33.1 Å². The molecule has 2 aliphatic rings. The van der Waals surface area contributed by atoms with E-state index in [2.05, 4.69) is 22.2 Å². The lowest BCUT2D eigenvalue weighted by Gasteiger charge is -2.03. The van der Waals surface area contributed by atoms with Crippen LogP contribution in [0.5, 0.6) is 0 Å². The minimum absolute atomic E-state index is 0.0123. The Morgan fingerprint density at radius 3 is 2.62 bits per heavy atom. The summed E-state index contributed by atoms with van der Waals surface area (Å²) >= 11 is 0. The van der Waals surface area contributed by atoms with Gasteiger partial charge in [0.2, 0.25) is 0 Å². The van der Waals surface area contributed by atoms with Gasteiger partial charge in [0, 0.05) is 24.3 Å². The number of rotatable bonds is 1. The molecule has 1 aliphatic heterocycles. The van der Waals surface area contributed by atoms with E-state index in [1.165, 1.54) is 0 Å². The van der Waals surface area contributed by atoms with Crippen LogP contribution < -0.4 is 11.1 Å². The summed E-state index contributed by atoms with van der Waals surface area (Å²) < 4.78 is 0. The van der Waals surface area contributed by atoms with Gasteiger partial charge in [0.25, 0.3) is 0 Å². The number of nitrogens with zero attached hydrogens (tertiary/aromatic N) is 1. The van der Waals surface area contributed by atoms with Gasteiger partial charge in [0.15, 0.2) is 0 Å². The first-order valence-electron chi connectivity index (χ1n) is 5.72. The Morgan fingerprint density at radius 2 is 2.19 bits per heavy atom. The molecule has 1 saturated carbocycles. The van der Waals surface area contributed by atoms with Gasteiger partial charge >= 0.3 is 0 Å². The molecule has 0 aromatic heterocycles. The highest BCUT2D eigenvalue weighted by molar-refractivity contribution is 5.80. The number of fused-ring (bicyclic) bond motifs is 1. The monoisotopic (exact) mass is 217 g/mol. The van der Waals surface area contributed by atoms with Crippen LogP contribution in [0.25, 0.3) is 0 Å². The fraction of sp³-hybridized carbons (Fsp3) is 0.615. The molecule has 3 N–H and O–H groups in total. The summed E-state index contributed by atoms with van der Waals surface area (Å²) in [6.07, 6.45) is 2.96. The van der Waals surface area contributed by atoms with Crippen LogP contribution >= 0.6 is 0 Å². The van der Waals surface area contributed by atoms with E-state index < -0.39 is 0 Å². The van der Waals surface area contributed by atoms with Crippen molar-refractivity contribution in [1.29, 1.82) is 0 Å². The molecular formula is C13H19N3. The van der Waals surface area contributed by atoms with E-state index >= 15 is 0 Å². The van der Waals surface area contributed by atoms with Crippen molar-refractivity contribution in [3.05, 3.63) is 11.8 Å². The predicted octanol–water partition coefficient (Wildman–Crippen LogP) is 1.07. The Bertz CT molecular complexity index is 416. The second-order valence-electron chi connectivity index (χ2n) is 5.00. The molecule has 0 amide bonds. The Morgan fingerprint density at radius 1 is 1.44 bits per heavy atom. The van der Waals surface area contributed by atoms with Gasteiger partial charge in [0.05, 0.1) is 5.41 Å². The number of allylic oxidation sites excluding steroid dienone is 2. The van der Waals surface area contributed by atoms with Crippen molar-refractivity contribution in [3.63, 3.8) is 0 Å². The summed E-state index contributed by atoms with van der Waals surface area (Å²) in [7, 11) is 0. The Hall–Kier alpha value is -1.11. The molecule has 1 aliphatic carbocycles. The van der Waals surface area contributed by atoms with Gasteiger partial charge in [-0.2, -0.15) is 0 Å². The van der Waals surface area contributed by atoms with E-state index in [-0.39, 0.29) is 11.0 Å². The molecule has 0 aromatic carbocycles. The van der Waals surface area contributed by atoms with E-state index in [1.807, 2.05) is 26.8 Å². The standard InChI is InChI=1S/C13H19N3/c1-4-11(16-10(2)3)5-6-12-7-13(12,14)9-15-8-12/h4,15H,7-9,14H2,1-3H3/b11-4-. The zero-order valence-corrected chi connectivity index (χ0v) is 10.2. The molecule has 2 rings (SSSR count). The molecule has 1 heterocycles. The van der Waals surface area contributed by atoms with Crippen molar-refractivity contribution in [1.82, 2.24) is 5.32 Å². The lowest BCUT2D eigenvalue weighted by atomic mass is 10.0. The van der Waals surface area contributed by atoms with Crippen molar-refractivity contribution in [2.75, 3.05) is 13.1 Å². The van der Waals surface area contributed by atoms with E-state index in [1.54, 1.807) is 0 Å². The largest absolute Gasteiger partial charge is 0.323 e. The third-order valence-corrected chi connectivity index (χ3v) is 3.36. The van der Waals surface area contributed by atoms with Crippen molar-refractivity contribution in [2.24, 2.45) is 16.1 Å². The van der Waals surface area contributed by atoms with Crippen LogP contribution in [0.4, 0.5) is 0 Å². The molecule has 16 heavy (non-hydrogen) atoms. The molecule has 0 aromatic rings. The number of nitrogens with two attached hydrogens (primary N) is 1. The maximum Gasteiger partial charge on any atom is 0.108 e. The third kappa shape index (κ3) is 1.79. The van der Waals surface area contributed by atoms with E-state index in [4.69, 9.17) is 5.73 Å². The van der Waals surface area contributed by atoms with Gasteiger partial charge in [-0.25, -0.2) is 4.99 Å². The van der Waals surface area contributed by atoms with E-state index in [0.29, 0.717) is 0 Å². The molecular weight excluding hydrogens is 198 g/mol. The second kappa shape index (κ2) is 3.73. The smallest absolute Gasteiger partial charge is 0.108 e. The summed E-state index contributed by atoms with van der Waals surface area (Å²) in [5.41, 5.74) is 8.00. The van der Waals surface area contributed by atoms with Crippen molar-refractivity contribution in [3.8, 4) is 11.8 Å². The zero-order chi connectivity index (χ0) is 11.8. The summed E-state index contributed by atoms with van der Waals surface area (Å²) in [4.78, 5) is 4.37. The first-order valence-corrected chi connectivity index (χ1v) is 5.72. The second-order valence-corrected chi connectivity index (χ2v) is 5.00. The zero-order valence-electron chi connectivity index (χ0n) is 10.2. The number of aliphatic imine (C=N–C) groups is 1. The lowest BCUT2D eigenvalue weighted by Crippen LogP contribution is -2.31. The normalized spacial score (nSPS) is 36.1. The lowest BCUT2D eigenvalue weighted by molar-refractivity contribution is 0.641. The third-order valence-electron chi connectivity index (χ3n) is 3.36. The fourth-order valence-corrected chi connectivity index (χ4v) is 2.27. The Kier molecular flexibility index (Phi) is 2.65. The number of hydrogen-bond acceptors (Lipinski definition) is 3. The van der Waals surface area contributed by atoms with Gasteiger partial charge < -0.3 is 11.1 Å². The maximum absolute atomic E-state index is 6.20. The first-order chi connectivity index (χ1) is 7.51.